The van der Waals surface area contributed by atoms with Crippen molar-refractivity contribution >= 4 is 5.91 Å². The van der Waals surface area contributed by atoms with E-state index >= 15 is 0 Å². The maximum Gasteiger partial charge on any atom is 0.271 e. The minimum Gasteiger partial charge on any atom is -0.364 e. The molecule has 0 unspecified atom stereocenters. The molecule has 0 spiro atoms. The average Bonchev–Trinajstić information content (AvgIpc) is 2.78. The Hall–Kier alpha value is -2.14. The van der Waals surface area contributed by atoms with Gasteiger partial charge in [0.25, 0.3) is 5.91 Å². The number of amides is 1. The first kappa shape index (κ1) is 13.3. The molecule has 1 aromatic heterocycles. The lowest BCUT2D eigenvalue weighted by molar-refractivity contribution is 0.0862. The highest BCUT2D eigenvalue weighted by Gasteiger charge is 2.13. The van der Waals surface area contributed by atoms with Crippen molar-refractivity contribution in [3.63, 3.8) is 0 Å². The number of nitrogens with zero attached hydrogens (tertiary/aromatic N) is 2. The number of carbonyl (C=O) groups is 1. The van der Waals surface area contributed by atoms with Crippen LogP contribution in [0, 0.1) is 6.92 Å². The molecule has 1 amide bonds. The summed E-state index contributed by atoms with van der Waals surface area (Å²) < 4.78 is 6.54. The molecule has 0 aliphatic carbocycles. The Bertz CT molecular complexity index is 549. The van der Waals surface area contributed by atoms with E-state index in [-0.39, 0.29) is 12.6 Å². The molecule has 19 heavy (non-hydrogen) atoms. The van der Waals surface area contributed by atoms with Crippen molar-refractivity contribution in [1.29, 1.82) is 0 Å². The number of aromatic nitrogens is 2. The van der Waals surface area contributed by atoms with Gasteiger partial charge in [0.2, 0.25) is 0 Å². The summed E-state index contributed by atoms with van der Waals surface area (Å²) in [6.07, 6.45) is 0. The van der Waals surface area contributed by atoms with Gasteiger partial charge in [-0.15, -0.1) is 0 Å². The summed E-state index contributed by atoms with van der Waals surface area (Å²) in [6.45, 7) is 2.63. The fourth-order valence-corrected chi connectivity index (χ4v) is 1.83. The zero-order valence-corrected chi connectivity index (χ0v) is 11.1. The van der Waals surface area contributed by atoms with Gasteiger partial charge in [-0.25, -0.2) is 0 Å². The van der Waals surface area contributed by atoms with E-state index in [1.54, 1.807) is 10.7 Å². The first-order valence-corrected chi connectivity index (χ1v) is 6.06. The number of rotatable bonds is 5. The lowest BCUT2D eigenvalue weighted by Crippen LogP contribution is -2.28. The van der Waals surface area contributed by atoms with Crippen LogP contribution in [0.15, 0.2) is 36.4 Å². The molecule has 0 atom stereocenters. The van der Waals surface area contributed by atoms with Crippen LogP contribution in [0.5, 0.6) is 0 Å². The van der Waals surface area contributed by atoms with Gasteiger partial charge in [-0.3, -0.25) is 9.48 Å². The van der Waals surface area contributed by atoms with Gasteiger partial charge in [-0.05, 0) is 18.6 Å². The fourth-order valence-electron chi connectivity index (χ4n) is 1.83. The van der Waals surface area contributed by atoms with E-state index in [2.05, 4.69) is 10.4 Å². The molecular weight excluding hydrogens is 242 g/mol. The number of hydrogen-bond acceptors (Lipinski definition) is 3. The molecule has 2 rings (SSSR count). The van der Waals surface area contributed by atoms with E-state index in [9.17, 15) is 4.79 Å². The maximum absolute atomic E-state index is 12.0. The summed E-state index contributed by atoms with van der Waals surface area (Å²) in [5, 5.41) is 7.02. The molecule has 1 aromatic carbocycles. The number of benzene rings is 1. The summed E-state index contributed by atoms with van der Waals surface area (Å²) in [4.78, 5) is 12.0. The molecule has 0 saturated carbocycles. The lowest BCUT2D eigenvalue weighted by atomic mass is 10.2. The van der Waals surface area contributed by atoms with Gasteiger partial charge >= 0.3 is 0 Å². The Morgan fingerprint density at radius 3 is 2.79 bits per heavy atom. The first-order chi connectivity index (χ1) is 9.20. The second kappa shape index (κ2) is 6.15. The zero-order valence-electron chi connectivity index (χ0n) is 11.1. The number of carbonyl (C=O) groups excluding carboxylic acids is 1. The predicted octanol–water partition coefficient (Wildman–Crippen LogP) is 1.57. The Balaban J connectivity index is 2.19. The lowest BCUT2D eigenvalue weighted by Gasteiger charge is -2.07. The van der Waals surface area contributed by atoms with Gasteiger partial charge < -0.3 is 10.1 Å². The minimum absolute atomic E-state index is 0.182. The average molecular weight is 259 g/mol. The van der Waals surface area contributed by atoms with Gasteiger partial charge in [0, 0.05) is 7.11 Å². The van der Waals surface area contributed by atoms with Crippen LogP contribution in [0.2, 0.25) is 0 Å². The SMILES string of the molecule is COCNC(=O)c1cc(C)nn1Cc1ccccc1. The standard InChI is InChI=1S/C14H17N3O2/c1-11-8-13(14(18)15-10-19-2)17(16-11)9-12-6-4-3-5-7-12/h3-8H,9-10H2,1-2H3,(H,15,18). The normalized spacial score (nSPS) is 10.4. The summed E-state index contributed by atoms with van der Waals surface area (Å²) in [7, 11) is 1.53. The van der Waals surface area contributed by atoms with Crippen LogP contribution in [0.4, 0.5) is 0 Å². The number of nitrogens with one attached hydrogen (secondary N) is 1. The number of ether oxygens (including phenoxy) is 1. The first-order valence-electron chi connectivity index (χ1n) is 6.06. The van der Waals surface area contributed by atoms with E-state index in [0.29, 0.717) is 12.2 Å². The predicted molar refractivity (Wildman–Crippen MR) is 71.9 cm³/mol. The van der Waals surface area contributed by atoms with Crippen LogP contribution >= 0.6 is 0 Å². The molecule has 1 heterocycles. The van der Waals surface area contributed by atoms with Crippen molar-refractivity contribution in [3.8, 4) is 0 Å². The maximum atomic E-state index is 12.0. The molecule has 1 N–H and O–H groups in total. The quantitative estimate of drug-likeness (QED) is 0.829. The molecule has 5 heteroatoms. The van der Waals surface area contributed by atoms with Gasteiger partial charge in [0.15, 0.2) is 0 Å². The van der Waals surface area contributed by atoms with Crippen molar-refractivity contribution in [3.05, 3.63) is 53.3 Å². The van der Waals surface area contributed by atoms with Crippen LogP contribution in [0.1, 0.15) is 21.7 Å². The Morgan fingerprint density at radius 2 is 2.11 bits per heavy atom. The van der Waals surface area contributed by atoms with Gasteiger partial charge in [0.1, 0.15) is 12.4 Å². The molecule has 0 bridgehead atoms. The number of aryl methyl sites for hydroxylation is 1. The van der Waals surface area contributed by atoms with Crippen LogP contribution in [-0.2, 0) is 11.3 Å². The molecule has 0 radical (unpaired) electrons. The van der Waals surface area contributed by atoms with Crippen molar-refractivity contribution in [1.82, 2.24) is 15.1 Å². The molecule has 0 fully saturated rings. The monoisotopic (exact) mass is 259 g/mol. The Labute approximate surface area is 112 Å². The molecule has 0 aliphatic heterocycles. The highest BCUT2D eigenvalue weighted by Crippen LogP contribution is 2.08. The van der Waals surface area contributed by atoms with Crippen molar-refractivity contribution in [2.45, 2.75) is 13.5 Å². The zero-order chi connectivity index (χ0) is 13.7. The summed E-state index contributed by atoms with van der Waals surface area (Å²) >= 11 is 0. The Kier molecular flexibility index (Phi) is 4.30. The molecule has 5 nitrogen and oxygen atoms in total. The third kappa shape index (κ3) is 3.42. The summed E-state index contributed by atoms with van der Waals surface area (Å²) in [6, 6.07) is 11.7. The van der Waals surface area contributed by atoms with Crippen molar-refractivity contribution < 1.29 is 9.53 Å². The van der Waals surface area contributed by atoms with Crippen molar-refractivity contribution in [2.24, 2.45) is 0 Å². The third-order valence-corrected chi connectivity index (χ3v) is 2.69. The van der Waals surface area contributed by atoms with Crippen LogP contribution in [0.3, 0.4) is 0 Å². The summed E-state index contributed by atoms with van der Waals surface area (Å²) in [5.41, 5.74) is 2.46. The van der Waals surface area contributed by atoms with E-state index in [1.165, 1.54) is 7.11 Å². The van der Waals surface area contributed by atoms with E-state index in [1.807, 2.05) is 37.3 Å². The molecule has 100 valence electrons. The van der Waals surface area contributed by atoms with Crippen LogP contribution < -0.4 is 5.32 Å². The van der Waals surface area contributed by atoms with E-state index in [4.69, 9.17) is 4.74 Å². The smallest absolute Gasteiger partial charge is 0.271 e. The van der Waals surface area contributed by atoms with E-state index in [0.717, 1.165) is 11.3 Å². The Morgan fingerprint density at radius 1 is 1.37 bits per heavy atom. The fraction of sp³-hybridized carbons (Fsp3) is 0.286. The largest absolute Gasteiger partial charge is 0.364 e. The van der Waals surface area contributed by atoms with Gasteiger partial charge in [-0.2, -0.15) is 5.10 Å². The molecule has 0 saturated heterocycles. The highest BCUT2D eigenvalue weighted by atomic mass is 16.5. The molecule has 0 aliphatic rings. The van der Waals surface area contributed by atoms with Crippen LogP contribution in [0.25, 0.3) is 0 Å². The highest BCUT2D eigenvalue weighted by molar-refractivity contribution is 5.92. The second-order valence-electron chi connectivity index (χ2n) is 4.25. The number of methoxy groups -OCH3 is 1. The van der Waals surface area contributed by atoms with Crippen molar-refractivity contribution in [2.75, 3.05) is 13.8 Å². The molecular formula is C14H17N3O2. The number of hydrogen-bond donors (Lipinski definition) is 1. The topological polar surface area (TPSA) is 56.1 Å². The van der Waals surface area contributed by atoms with Gasteiger partial charge in [-0.1, -0.05) is 30.3 Å². The third-order valence-electron chi connectivity index (χ3n) is 2.69. The van der Waals surface area contributed by atoms with Gasteiger partial charge in [0.05, 0.1) is 12.2 Å². The second-order valence-corrected chi connectivity index (χ2v) is 4.25. The summed E-state index contributed by atoms with van der Waals surface area (Å²) in [5.74, 6) is -0.182. The van der Waals surface area contributed by atoms with E-state index < -0.39 is 0 Å². The molecule has 2 aromatic rings. The minimum atomic E-state index is -0.182. The van der Waals surface area contributed by atoms with Crippen LogP contribution in [-0.4, -0.2) is 29.5 Å².